The Balaban J connectivity index is 1.87. The highest BCUT2D eigenvalue weighted by Crippen LogP contribution is 2.24. The molecule has 0 aliphatic carbocycles. The largest absolute Gasteiger partial charge is 0.350 e. The lowest BCUT2D eigenvalue weighted by Crippen LogP contribution is -2.32. The smallest absolute Gasteiger partial charge is 0.262 e. The molecule has 0 saturated heterocycles. The molecule has 1 aromatic carbocycles. The zero-order chi connectivity index (χ0) is 20.3. The van der Waals surface area contributed by atoms with Crippen molar-refractivity contribution < 1.29 is 4.79 Å². The van der Waals surface area contributed by atoms with Gasteiger partial charge in [-0.3, -0.25) is 14.2 Å². The Morgan fingerprint density at radius 1 is 1.32 bits per heavy atom. The average molecular weight is 436 g/mol. The molecule has 8 heteroatoms. The molecule has 0 aliphatic rings. The minimum Gasteiger partial charge on any atom is -0.350 e. The van der Waals surface area contributed by atoms with Crippen LogP contribution in [0.5, 0.6) is 0 Å². The zero-order valence-electron chi connectivity index (χ0n) is 15.9. The Morgan fingerprint density at radius 3 is 2.79 bits per heavy atom. The molecule has 28 heavy (non-hydrogen) atoms. The Hall–Kier alpha value is -1.83. The predicted molar refractivity (Wildman–Crippen MR) is 117 cm³/mol. The van der Waals surface area contributed by atoms with E-state index in [1.165, 1.54) is 11.8 Å². The standard InChI is InChI=1S/C20H22ClN3O2S2/c1-12(2)11-24-19(26)16-7-6-14(21)9-17(16)23-20(24)28-13(3)18(25)22-10-15-5-4-8-27-15/h4-9,12-13H,10-11H2,1-3H3,(H,22,25)/t13-/m1/s1. The van der Waals surface area contributed by atoms with Crippen molar-refractivity contribution in [2.75, 3.05) is 0 Å². The average Bonchev–Trinajstić information content (AvgIpc) is 3.16. The Kier molecular flexibility index (Phi) is 6.80. The SMILES string of the molecule is CC(C)Cn1c(S[C@H](C)C(=O)NCc2cccs2)nc2cc(Cl)ccc2c1=O. The minimum atomic E-state index is -0.387. The van der Waals surface area contributed by atoms with E-state index >= 15 is 0 Å². The molecule has 2 heterocycles. The fourth-order valence-corrected chi connectivity index (χ4v) is 4.49. The molecule has 3 rings (SSSR count). The van der Waals surface area contributed by atoms with Crippen molar-refractivity contribution >= 4 is 51.5 Å². The van der Waals surface area contributed by atoms with E-state index in [9.17, 15) is 9.59 Å². The highest BCUT2D eigenvalue weighted by atomic mass is 35.5. The van der Waals surface area contributed by atoms with Gasteiger partial charge in [0.2, 0.25) is 5.91 Å². The summed E-state index contributed by atoms with van der Waals surface area (Å²) in [5.41, 5.74) is 0.440. The van der Waals surface area contributed by atoms with E-state index in [4.69, 9.17) is 11.6 Å². The molecule has 1 N–H and O–H groups in total. The molecule has 1 atom stereocenters. The number of amides is 1. The maximum absolute atomic E-state index is 13.0. The van der Waals surface area contributed by atoms with Crippen LogP contribution in [-0.4, -0.2) is 20.7 Å². The highest BCUT2D eigenvalue weighted by Gasteiger charge is 2.20. The number of carbonyl (C=O) groups excluding carboxylic acids is 1. The number of rotatable bonds is 7. The summed E-state index contributed by atoms with van der Waals surface area (Å²) in [6.07, 6.45) is 0. The van der Waals surface area contributed by atoms with Crippen LogP contribution < -0.4 is 10.9 Å². The van der Waals surface area contributed by atoms with Gasteiger partial charge in [-0.25, -0.2) is 4.98 Å². The zero-order valence-corrected chi connectivity index (χ0v) is 18.3. The van der Waals surface area contributed by atoms with Gasteiger partial charge in [-0.05, 0) is 42.5 Å². The monoisotopic (exact) mass is 435 g/mol. The van der Waals surface area contributed by atoms with Crippen molar-refractivity contribution in [3.8, 4) is 0 Å². The molecule has 0 fully saturated rings. The third-order valence-electron chi connectivity index (χ3n) is 4.10. The van der Waals surface area contributed by atoms with Crippen LogP contribution in [0.4, 0.5) is 0 Å². The van der Waals surface area contributed by atoms with Crippen LogP contribution in [0.1, 0.15) is 25.6 Å². The van der Waals surface area contributed by atoms with Gasteiger partial charge in [-0.1, -0.05) is 43.3 Å². The number of fused-ring (bicyclic) bond motifs is 1. The second-order valence-electron chi connectivity index (χ2n) is 6.92. The fourth-order valence-electron chi connectivity index (χ4n) is 2.73. The number of benzene rings is 1. The molecule has 5 nitrogen and oxygen atoms in total. The predicted octanol–water partition coefficient (Wildman–Crippen LogP) is 4.56. The van der Waals surface area contributed by atoms with Gasteiger partial charge >= 0.3 is 0 Å². The first-order chi connectivity index (χ1) is 13.3. The van der Waals surface area contributed by atoms with Crippen LogP contribution in [-0.2, 0) is 17.9 Å². The maximum atomic E-state index is 13.0. The molecule has 0 saturated carbocycles. The first-order valence-corrected chi connectivity index (χ1v) is 11.2. The molecule has 0 spiro atoms. The van der Waals surface area contributed by atoms with Crippen LogP contribution in [0.25, 0.3) is 10.9 Å². The molecule has 0 radical (unpaired) electrons. The van der Waals surface area contributed by atoms with E-state index in [1.54, 1.807) is 34.1 Å². The number of aromatic nitrogens is 2. The number of nitrogens with one attached hydrogen (secondary N) is 1. The molecule has 3 aromatic rings. The molecule has 1 amide bonds. The number of halogens is 1. The third kappa shape index (κ3) is 4.96. The molecule has 0 unspecified atom stereocenters. The first kappa shape index (κ1) is 20.9. The van der Waals surface area contributed by atoms with Gasteiger partial charge in [0.25, 0.3) is 5.56 Å². The van der Waals surface area contributed by atoms with Gasteiger partial charge in [0.15, 0.2) is 5.16 Å². The van der Waals surface area contributed by atoms with E-state index in [1.807, 2.05) is 38.3 Å². The molecule has 0 bridgehead atoms. The fraction of sp³-hybridized carbons (Fsp3) is 0.350. The number of thiophene rings is 1. The summed E-state index contributed by atoms with van der Waals surface area (Å²) in [6, 6.07) is 9.02. The van der Waals surface area contributed by atoms with E-state index in [0.29, 0.717) is 34.2 Å². The van der Waals surface area contributed by atoms with Crippen molar-refractivity contribution in [2.24, 2.45) is 5.92 Å². The van der Waals surface area contributed by atoms with Crippen LogP contribution in [0.2, 0.25) is 5.02 Å². The topological polar surface area (TPSA) is 64.0 Å². The summed E-state index contributed by atoms with van der Waals surface area (Å²) in [6.45, 7) is 6.95. The molecular weight excluding hydrogens is 414 g/mol. The number of thioether (sulfide) groups is 1. The number of hydrogen-bond donors (Lipinski definition) is 1. The summed E-state index contributed by atoms with van der Waals surface area (Å²) in [5.74, 6) is 0.182. The van der Waals surface area contributed by atoms with E-state index < -0.39 is 0 Å². The van der Waals surface area contributed by atoms with Gasteiger partial charge < -0.3 is 5.32 Å². The molecule has 148 valence electrons. The van der Waals surface area contributed by atoms with Crippen molar-refractivity contribution in [3.05, 3.63) is 56.0 Å². The quantitative estimate of drug-likeness (QED) is 0.436. The summed E-state index contributed by atoms with van der Waals surface area (Å²) in [5, 5.41) is 6.13. The van der Waals surface area contributed by atoms with E-state index in [0.717, 1.165) is 4.88 Å². The van der Waals surface area contributed by atoms with Gasteiger partial charge in [-0.2, -0.15) is 0 Å². The highest BCUT2D eigenvalue weighted by molar-refractivity contribution is 8.00. The number of hydrogen-bond acceptors (Lipinski definition) is 5. The maximum Gasteiger partial charge on any atom is 0.262 e. The minimum absolute atomic E-state index is 0.0880. The van der Waals surface area contributed by atoms with Gasteiger partial charge in [-0.15, -0.1) is 11.3 Å². The molecule has 2 aromatic heterocycles. The normalized spacial score (nSPS) is 12.5. The summed E-state index contributed by atoms with van der Waals surface area (Å²) < 4.78 is 1.66. The molecule has 0 aliphatic heterocycles. The number of nitrogens with zero attached hydrogens (tertiary/aromatic N) is 2. The Labute approximate surface area is 177 Å². The van der Waals surface area contributed by atoms with Gasteiger partial charge in [0.1, 0.15) is 0 Å². The van der Waals surface area contributed by atoms with Crippen LogP contribution in [0, 0.1) is 5.92 Å². The summed E-state index contributed by atoms with van der Waals surface area (Å²) >= 11 is 8.97. The van der Waals surface area contributed by atoms with Crippen LogP contribution in [0.3, 0.4) is 0 Å². The van der Waals surface area contributed by atoms with Crippen molar-refractivity contribution in [1.82, 2.24) is 14.9 Å². The summed E-state index contributed by atoms with van der Waals surface area (Å²) in [7, 11) is 0. The Bertz CT molecular complexity index is 1030. The third-order valence-corrected chi connectivity index (χ3v) is 6.30. The van der Waals surface area contributed by atoms with Crippen molar-refractivity contribution in [1.29, 1.82) is 0 Å². The van der Waals surface area contributed by atoms with Crippen molar-refractivity contribution in [2.45, 2.75) is 44.3 Å². The van der Waals surface area contributed by atoms with Gasteiger partial charge in [0.05, 0.1) is 22.7 Å². The second kappa shape index (κ2) is 9.11. The second-order valence-corrected chi connectivity index (χ2v) is 9.70. The summed E-state index contributed by atoms with van der Waals surface area (Å²) in [4.78, 5) is 31.3. The first-order valence-electron chi connectivity index (χ1n) is 9.02. The van der Waals surface area contributed by atoms with E-state index in [2.05, 4.69) is 10.3 Å². The lowest BCUT2D eigenvalue weighted by molar-refractivity contribution is -0.120. The van der Waals surface area contributed by atoms with Crippen molar-refractivity contribution in [3.63, 3.8) is 0 Å². The Morgan fingerprint density at radius 2 is 2.11 bits per heavy atom. The van der Waals surface area contributed by atoms with Crippen LogP contribution >= 0.6 is 34.7 Å². The van der Waals surface area contributed by atoms with Gasteiger partial charge in [0, 0.05) is 16.4 Å². The lowest BCUT2D eigenvalue weighted by atomic mass is 10.2. The lowest BCUT2D eigenvalue weighted by Gasteiger charge is -2.17. The number of carbonyl (C=O) groups is 1. The van der Waals surface area contributed by atoms with Crippen LogP contribution in [0.15, 0.2) is 45.7 Å². The molecular formula is C20H22ClN3O2S2. The van der Waals surface area contributed by atoms with E-state index in [-0.39, 0.29) is 22.6 Å².